The van der Waals surface area contributed by atoms with E-state index in [2.05, 4.69) is 4.99 Å². The molecule has 0 saturated heterocycles. The molecule has 30 heavy (non-hydrogen) atoms. The minimum absolute atomic E-state index is 0.109. The lowest BCUT2D eigenvalue weighted by molar-refractivity contribution is -0.129. The molecule has 0 fully saturated rings. The lowest BCUT2D eigenvalue weighted by atomic mass is 10.1. The molecule has 0 radical (unpaired) electrons. The van der Waals surface area contributed by atoms with Gasteiger partial charge in [-0.25, -0.2) is 14.2 Å². The Morgan fingerprint density at radius 3 is 2.57 bits per heavy atom. The number of benzene rings is 3. The molecule has 150 valence electrons. The summed E-state index contributed by atoms with van der Waals surface area (Å²) in [5.41, 5.74) is 2.06. The van der Waals surface area contributed by atoms with Crippen LogP contribution in [0.3, 0.4) is 0 Å². The van der Waals surface area contributed by atoms with E-state index in [4.69, 9.17) is 32.7 Å². The average Bonchev–Trinajstić information content (AvgIpc) is 3.08. The van der Waals surface area contributed by atoms with E-state index in [1.807, 2.05) is 12.1 Å². The maximum absolute atomic E-state index is 13.1. The molecule has 3 aromatic carbocycles. The summed E-state index contributed by atoms with van der Waals surface area (Å²) < 4.78 is 24.2. The van der Waals surface area contributed by atoms with Gasteiger partial charge in [0.05, 0.1) is 10.6 Å². The van der Waals surface area contributed by atoms with Gasteiger partial charge in [-0.2, -0.15) is 0 Å². The zero-order valence-corrected chi connectivity index (χ0v) is 17.0. The number of carbonyl (C=O) groups is 1. The molecule has 0 unspecified atom stereocenters. The van der Waals surface area contributed by atoms with Crippen molar-refractivity contribution in [2.45, 2.75) is 6.61 Å². The molecule has 0 atom stereocenters. The van der Waals surface area contributed by atoms with Crippen LogP contribution in [0, 0.1) is 5.82 Å². The van der Waals surface area contributed by atoms with Gasteiger partial charge in [0.2, 0.25) is 5.90 Å². The van der Waals surface area contributed by atoms with Gasteiger partial charge in [-0.3, -0.25) is 0 Å². The maximum Gasteiger partial charge on any atom is 0.363 e. The fraction of sp³-hybridized carbons (Fsp3) is 0.0435. The average molecular weight is 442 g/mol. The largest absolute Gasteiger partial charge is 0.488 e. The number of aliphatic imine (C=N–C) groups is 1. The third-order valence-electron chi connectivity index (χ3n) is 4.30. The second-order valence-electron chi connectivity index (χ2n) is 6.41. The summed E-state index contributed by atoms with van der Waals surface area (Å²) >= 11 is 12.1. The van der Waals surface area contributed by atoms with E-state index in [1.165, 1.54) is 12.1 Å². The Morgan fingerprint density at radius 1 is 1.03 bits per heavy atom. The van der Waals surface area contributed by atoms with Gasteiger partial charge in [-0.15, -0.1) is 0 Å². The first-order valence-electron chi connectivity index (χ1n) is 8.94. The molecule has 7 heteroatoms. The van der Waals surface area contributed by atoms with E-state index in [0.717, 1.165) is 5.56 Å². The summed E-state index contributed by atoms with van der Waals surface area (Å²) in [6.45, 7) is 0.250. The van der Waals surface area contributed by atoms with E-state index in [9.17, 15) is 9.18 Å². The first-order valence-corrected chi connectivity index (χ1v) is 9.69. The number of carbonyl (C=O) groups excluding carboxylic acids is 1. The number of cyclic esters (lactones) is 1. The molecule has 3 aromatic rings. The number of para-hydroxylation sites is 1. The topological polar surface area (TPSA) is 47.9 Å². The molecule has 0 bridgehead atoms. The van der Waals surface area contributed by atoms with Gasteiger partial charge in [0, 0.05) is 10.6 Å². The van der Waals surface area contributed by atoms with Crippen LogP contribution < -0.4 is 4.74 Å². The van der Waals surface area contributed by atoms with Gasteiger partial charge in [0.25, 0.3) is 0 Å². The first kappa shape index (κ1) is 20.1. The Labute approximate surface area is 182 Å². The monoisotopic (exact) mass is 441 g/mol. The van der Waals surface area contributed by atoms with Gasteiger partial charge in [0.15, 0.2) is 5.70 Å². The van der Waals surface area contributed by atoms with Gasteiger partial charge < -0.3 is 9.47 Å². The Hall–Kier alpha value is -3.15. The number of rotatable bonds is 5. The van der Waals surface area contributed by atoms with Crippen molar-refractivity contribution in [2.75, 3.05) is 0 Å². The number of hydrogen-bond acceptors (Lipinski definition) is 4. The van der Waals surface area contributed by atoms with Crippen molar-refractivity contribution in [1.29, 1.82) is 0 Å². The highest BCUT2D eigenvalue weighted by Gasteiger charge is 2.26. The highest BCUT2D eigenvalue weighted by atomic mass is 35.5. The summed E-state index contributed by atoms with van der Waals surface area (Å²) in [6.07, 6.45) is 1.58. The van der Waals surface area contributed by atoms with Crippen molar-refractivity contribution in [1.82, 2.24) is 0 Å². The van der Waals surface area contributed by atoms with Crippen LogP contribution in [0.25, 0.3) is 6.08 Å². The van der Waals surface area contributed by atoms with E-state index in [-0.39, 0.29) is 24.0 Å². The van der Waals surface area contributed by atoms with Crippen LogP contribution >= 0.6 is 23.2 Å². The van der Waals surface area contributed by atoms with Crippen LogP contribution in [-0.4, -0.2) is 11.9 Å². The molecule has 1 aliphatic heterocycles. The Balaban J connectivity index is 1.59. The van der Waals surface area contributed by atoms with Crippen molar-refractivity contribution in [3.63, 3.8) is 0 Å². The smallest absolute Gasteiger partial charge is 0.363 e. The van der Waals surface area contributed by atoms with Gasteiger partial charge in [0.1, 0.15) is 18.2 Å². The number of ether oxygens (including phenoxy) is 2. The Morgan fingerprint density at radius 2 is 1.80 bits per heavy atom. The molecule has 4 nitrogen and oxygen atoms in total. The molecule has 1 aliphatic rings. The first-order chi connectivity index (χ1) is 14.5. The second-order valence-corrected chi connectivity index (χ2v) is 7.26. The van der Waals surface area contributed by atoms with E-state index >= 15 is 0 Å². The molecule has 0 N–H and O–H groups in total. The molecule has 1 heterocycles. The third kappa shape index (κ3) is 4.53. The summed E-state index contributed by atoms with van der Waals surface area (Å²) in [5.74, 6) is -0.240. The minimum atomic E-state index is -0.593. The number of esters is 1. The predicted octanol–water partition coefficient (Wildman–Crippen LogP) is 6.06. The van der Waals surface area contributed by atoms with Crippen LogP contribution in [0.2, 0.25) is 10.0 Å². The number of nitrogens with zero attached hydrogens (tertiary/aromatic N) is 1. The van der Waals surface area contributed by atoms with Gasteiger partial charge >= 0.3 is 5.97 Å². The number of hydrogen-bond donors (Lipinski definition) is 0. The Bertz CT molecular complexity index is 1170. The van der Waals surface area contributed by atoms with E-state index in [0.29, 0.717) is 26.9 Å². The fourth-order valence-corrected chi connectivity index (χ4v) is 3.30. The zero-order chi connectivity index (χ0) is 21.1. The van der Waals surface area contributed by atoms with E-state index < -0.39 is 5.97 Å². The molecule has 4 rings (SSSR count). The molecule has 0 amide bonds. The highest BCUT2D eigenvalue weighted by Crippen LogP contribution is 2.28. The molecule has 0 saturated carbocycles. The highest BCUT2D eigenvalue weighted by molar-refractivity contribution is 6.37. The molecule has 0 spiro atoms. The van der Waals surface area contributed by atoms with Crippen molar-refractivity contribution < 1.29 is 18.7 Å². The third-order valence-corrected chi connectivity index (χ3v) is 4.85. The normalized spacial score (nSPS) is 14.6. The minimum Gasteiger partial charge on any atom is -0.488 e. The van der Waals surface area contributed by atoms with Crippen LogP contribution in [0.5, 0.6) is 5.75 Å². The zero-order valence-electron chi connectivity index (χ0n) is 15.4. The Kier molecular flexibility index (Phi) is 5.84. The van der Waals surface area contributed by atoms with Crippen LogP contribution in [0.1, 0.15) is 16.7 Å². The standard InChI is InChI=1S/C23H14Cl2FNO3/c24-16-7-10-18(19(25)12-16)22-27-20(23(28)30-22)11-15-3-1-2-4-21(15)29-13-14-5-8-17(26)9-6-14/h1-12H,13H2/b20-11-. The summed E-state index contributed by atoms with van der Waals surface area (Å²) in [4.78, 5) is 16.6. The summed E-state index contributed by atoms with van der Waals surface area (Å²) in [6, 6.07) is 18.1. The van der Waals surface area contributed by atoms with Crippen molar-refractivity contribution in [2.24, 2.45) is 4.99 Å². The van der Waals surface area contributed by atoms with Gasteiger partial charge in [-0.1, -0.05) is 53.5 Å². The number of halogens is 3. The van der Waals surface area contributed by atoms with Crippen molar-refractivity contribution >= 4 is 41.1 Å². The second kappa shape index (κ2) is 8.69. The van der Waals surface area contributed by atoms with Crippen LogP contribution in [0.15, 0.2) is 77.4 Å². The fourth-order valence-electron chi connectivity index (χ4n) is 2.81. The van der Waals surface area contributed by atoms with Crippen molar-refractivity contribution in [3.05, 3.63) is 105 Å². The quantitative estimate of drug-likeness (QED) is 0.357. The molecular formula is C23H14Cl2FNO3. The molecular weight excluding hydrogens is 428 g/mol. The van der Waals surface area contributed by atoms with Crippen LogP contribution in [0.4, 0.5) is 4.39 Å². The molecule has 0 aliphatic carbocycles. The maximum atomic E-state index is 13.1. The van der Waals surface area contributed by atoms with Crippen molar-refractivity contribution in [3.8, 4) is 5.75 Å². The lowest BCUT2D eigenvalue weighted by Crippen LogP contribution is -2.06. The summed E-state index contributed by atoms with van der Waals surface area (Å²) in [5, 5.41) is 0.801. The molecule has 0 aromatic heterocycles. The predicted molar refractivity (Wildman–Crippen MR) is 114 cm³/mol. The SMILES string of the molecule is O=C1OC(c2ccc(Cl)cc2Cl)=N/C1=C\c1ccccc1OCc1ccc(F)cc1. The summed E-state index contributed by atoms with van der Waals surface area (Å²) in [7, 11) is 0. The lowest BCUT2D eigenvalue weighted by Gasteiger charge is -2.09. The van der Waals surface area contributed by atoms with Crippen LogP contribution in [-0.2, 0) is 16.1 Å². The van der Waals surface area contributed by atoms with E-state index in [1.54, 1.807) is 48.5 Å². The van der Waals surface area contributed by atoms with Gasteiger partial charge in [-0.05, 0) is 48.0 Å².